The Morgan fingerprint density at radius 1 is 1.31 bits per heavy atom. The molecule has 1 nitrogen and oxygen atoms in total. The average molecular weight is 213 g/mol. The summed E-state index contributed by atoms with van der Waals surface area (Å²) < 4.78 is 0. The van der Waals surface area contributed by atoms with Gasteiger partial charge in [0.2, 0.25) is 0 Å². The lowest BCUT2D eigenvalue weighted by Crippen LogP contribution is -2.15. The zero-order valence-corrected chi connectivity index (χ0v) is 10.2. The van der Waals surface area contributed by atoms with Crippen molar-refractivity contribution in [2.75, 3.05) is 0 Å². The Bertz CT molecular complexity index is 439. The van der Waals surface area contributed by atoms with Gasteiger partial charge in [-0.15, -0.1) is 0 Å². The molecule has 1 aromatic rings. The van der Waals surface area contributed by atoms with Crippen LogP contribution in [0.1, 0.15) is 44.2 Å². The number of aliphatic imine (C=N–C) groups is 1. The van der Waals surface area contributed by atoms with Crippen LogP contribution in [0.4, 0.5) is 5.69 Å². The van der Waals surface area contributed by atoms with Crippen molar-refractivity contribution >= 4 is 11.9 Å². The standard InChI is InChI=1S/C15H19N/c1-15(2)10-16-14-9-12(6-7-13(14)15)8-11-4-3-5-11/h6-7,9-11H,3-5,8H2,1-2H3. The van der Waals surface area contributed by atoms with E-state index in [0.717, 1.165) is 5.92 Å². The summed E-state index contributed by atoms with van der Waals surface area (Å²) in [7, 11) is 0. The fourth-order valence-electron chi connectivity index (χ4n) is 2.69. The summed E-state index contributed by atoms with van der Waals surface area (Å²) in [6.45, 7) is 4.46. The van der Waals surface area contributed by atoms with Crippen molar-refractivity contribution < 1.29 is 0 Å². The average Bonchev–Trinajstić information content (AvgIpc) is 2.49. The van der Waals surface area contributed by atoms with Gasteiger partial charge in [0.15, 0.2) is 0 Å². The van der Waals surface area contributed by atoms with Crippen LogP contribution in [0.3, 0.4) is 0 Å². The van der Waals surface area contributed by atoms with Gasteiger partial charge in [-0.25, -0.2) is 0 Å². The van der Waals surface area contributed by atoms with Crippen molar-refractivity contribution in [3.8, 4) is 0 Å². The highest BCUT2D eigenvalue weighted by atomic mass is 14.8. The molecule has 1 heteroatoms. The van der Waals surface area contributed by atoms with Gasteiger partial charge >= 0.3 is 0 Å². The van der Waals surface area contributed by atoms with Crippen LogP contribution >= 0.6 is 0 Å². The number of hydrogen-bond acceptors (Lipinski definition) is 1. The zero-order chi connectivity index (χ0) is 11.2. The molecule has 0 spiro atoms. The number of fused-ring (bicyclic) bond motifs is 1. The highest BCUT2D eigenvalue weighted by Gasteiger charge is 2.26. The third kappa shape index (κ3) is 1.59. The first-order valence-electron chi connectivity index (χ1n) is 6.34. The first-order valence-corrected chi connectivity index (χ1v) is 6.34. The van der Waals surface area contributed by atoms with Crippen LogP contribution in [-0.2, 0) is 11.8 Å². The molecule has 1 fully saturated rings. The molecule has 0 bridgehead atoms. The summed E-state index contributed by atoms with van der Waals surface area (Å²) in [4.78, 5) is 4.54. The molecule has 2 aliphatic rings. The van der Waals surface area contributed by atoms with E-state index in [0.29, 0.717) is 0 Å². The van der Waals surface area contributed by atoms with Crippen molar-refractivity contribution in [2.24, 2.45) is 10.9 Å². The monoisotopic (exact) mass is 213 g/mol. The quantitative estimate of drug-likeness (QED) is 0.703. The van der Waals surface area contributed by atoms with E-state index in [1.807, 2.05) is 0 Å². The number of benzene rings is 1. The van der Waals surface area contributed by atoms with E-state index in [-0.39, 0.29) is 5.41 Å². The molecule has 84 valence electrons. The van der Waals surface area contributed by atoms with Crippen molar-refractivity contribution in [1.82, 2.24) is 0 Å². The molecule has 0 radical (unpaired) electrons. The second-order valence-electron chi connectivity index (χ2n) is 5.83. The molecule has 1 aliphatic heterocycles. The molecule has 3 rings (SSSR count). The van der Waals surface area contributed by atoms with Gasteiger partial charge in [0.25, 0.3) is 0 Å². The van der Waals surface area contributed by atoms with Gasteiger partial charge in [-0.1, -0.05) is 45.2 Å². The van der Waals surface area contributed by atoms with Gasteiger partial charge in [0, 0.05) is 11.6 Å². The molecule has 0 amide bonds. The first kappa shape index (κ1) is 10.1. The highest BCUT2D eigenvalue weighted by Crippen LogP contribution is 2.38. The van der Waals surface area contributed by atoms with E-state index < -0.39 is 0 Å². The second-order valence-corrected chi connectivity index (χ2v) is 5.83. The predicted octanol–water partition coefficient (Wildman–Crippen LogP) is 4.02. The summed E-state index contributed by atoms with van der Waals surface area (Å²) >= 11 is 0. The Morgan fingerprint density at radius 2 is 2.12 bits per heavy atom. The van der Waals surface area contributed by atoms with E-state index in [2.05, 4.69) is 43.3 Å². The van der Waals surface area contributed by atoms with Gasteiger partial charge in [-0.3, -0.25) is 4.99 Å². The van der Waals surface area contributed by atoms with Gasteiger partial charge < -0.3 is 0 Å². The molecular formula is C15H19N. The third-order valence-electron chi connectivity index (χ3n) is 4.03. The molecule has 16 heavy (non-hydrogen) atoms. The smallest absolute Gasteiger partial charge is 0.0670 e. The first-order chi connectivity index (χ1) is 7.65. The van der Waals surface area contributed by atoms with Crippen LogP contribution in [0, 0.1) is 5.92 Å². The third-order valence-corrected chi connectivity index (χ3v) is 4.03. The Hall–Kier alpha value is -1.11. The normalized spacial score (nSPS) is 21.9. The van der Waals surface area contributed by atoms with E-state index in [4.69, 9.17) is 0 Å². The minimum absolute atomic E-state index is 0.129. The molecule has 0 unspecified atom stereocenters. The van der Waals surface area contributed by atoms with E-state index in [1.165, 1.54) is 42.5 Å². The number of hydrogen-bond donors (Lipinski definition) is 0. The van der Waals surface area contributed by atoms with E-state index in [1.54, 1.807) is 0 Å². The van der Waals surface area contributed by atoms with Crippen LogP contribution in [0.2, 0.25) is 0 Å². The fraction of sp³-hybridized carbons (Fsp3) is 0.533. The minimum Gasteiger partial charge on any atom is -0.260 e. The maximum atomic E-state index is 4.54. The van der Waals surface area contributed by atoms with Crippen molar-refractivity contribution in [3.63, 3.8) is 0 Å². The van der Waals surface area contributed by atoms with Crippen molar-refractivity contribution in [2.45, 2.75) is 44.9 Å². The van der Waals surface area contributed by atoms with Gasteiger partial charge in [0.05, 0.1) is 5.69 Å². The second kappa shape index (κ2) is 3.44. The van der Waals surface area contributed by atoms with Gasteiger partial charge in [-0.2, -0.15) is 0 Å². The van der Waals surface area contributed by atoms with Crippen LogP contribution < -0.4 is 0 Å². The lowest BCUT2D eigenvalue weighted by Gasteiger charge is -2.25. The Kier molecular flexibility index (Phi) is 2.17. The largest absolute Gasteiger partial charge is 0.260 e. The Morgan fingerprint density at radius 3 is 2.81 bits per heavy atom. The number of nitrogens with zero attached hydrogens (tertiary/aromatic N) is 1. The number of rotatable bonds is 2. The molecule has 1 saturated carbocycles. The van der Waals surface area contributed by atoms with Crippen molar-refractivity contribution in [1.29, 1.82) is 0 Å². The van der Waals surface area contributed by atoms with Crippen LogP contribution in [0.5, 0.6) is 0 Å². The van der Waals surface area contributed by atoms with E-state index in [9.17, 15) is 0 Å². The molecule has 0 atom stereocenters. The summed E-state index contributed by atoms with van der Waals surface area (Å²) in [5.74, 6) is 0.941. The lowest BCUT2D eigenvalue weighted by molar-refractivity contribution is 0.314. The van der Waals surface area contributed by atoms with Crippen LogP contribution in [-0.4, -0.2) is 6.21 Å². The Balaban J connectivity index is 1.86. The zero-order valence-electron chi connectivity index (χ0n) is 10.2. The SMILES string of the molecule is CC1(C)C=Nc2cc(CC3CCC3)ccc21. The van der Waals surface area contributed by atoms with Gasteiger partial charge in [0.1, 0.15) is 0 Å². The maximum absolute atomic E-state index is 4.54. The topological polar surface area (TPSA) is 12.4 Å². The molecule has 0 saturated heterocycles. The summed E-state index contributed by atoms with van der Waals surface area (Å²) in [6.07, 6.45) is 7.60. The Labute approximate surface area is 97.6 Å². The predicted molar refractivity (Wildman–Crippen MR) is 68.7 cm³/mol. The maximum Gasteiger partial charge on any atom is 0.0670 e. The molecule has 1 heterocycles. The molecule has 1 aromatic carbocycles. The molecule has 0 N–H and O–H groups in total. The molecule has 0 aromatic heterocycles. The molecule has 1 aliphatic carbocycles. The fourth-order valence-corrected chi connectivity index (χ4v) is 2.69. The van der Waals surface area contributed by atoms with Gasteiger partial charge in [-0.05, 0) is 29.5 Å². The van der Waals surface area contributed by atoms with Crippen molar-refractivity contribution in [3.05, 3.63) is 29.3 Å². The van der Waals surface area contributed by atoms with Crippen LogP contribution in [0.25, 0.3) is 0 Å². The minimum atomic E-state index is 0.129. The summed E-state index contributed by atoms with van der Waals surface area (Å²) in [6, 6.07) is 6.86. The van der Waals surface area contributed by atoms with E-state index >= 15 is 0 Å². The molecular weight excluding hydrogens is 194 g/mol. The summed E-state index contributed by atoms with van der Waals surface area (Å²) in [5, 5.41) is 0. The lowest BCUT2D eigenvalue weighted by atomic mass is 9.80. The summed E-state index contributed by atoms with van der Waals surface area (Å²) in [5.41, 5.74) is 4.18. The van der Waals surface area contributed by atoms with Crippen LogP contribution in [0.15, 0.2) is 23.2 Å². The highest BCUT2D eigenvalue weighted by molar-refractivity contribution is 5.84.